The Hall–Kier alpha value is -0.610. The van der Waals surface area contributed by atoms with Gasteiger partial charge in [0.2, 0.25) is 0 Å². The maximum absolute atomic E-state index is 10.4. The van der Waals surface area contributed by atoms with Gasteiger partial charge in [0, 0.05) is 13.0 Å². The third kappa shape index (κ3) is 8.01. The van der Waals surface area contributed by atoms with E-state index in [0.717, 1.165) is 24.0 Å². The summed E-state index contributed by atoms with van der Waals surface area (Å²) in [6.45, 7) is 2.81. The molecule has 0 aromatic heterocycles. The van der Waals surface area contributed by atoms with Crippen LogP contribution in [0.1, 0.15) is 12.8 Å². The lowest BCUT2D eigenvalue weighted by Crippen LogP contribution is -2.42. The number of carboxylic acids is 1. The molecule has 0 spiro atoms. The van der Waals surface area contributed by atoms with E-state index in [1.165, 1.54) is 0 Å². The van der Waals surface area contributed by atoms with E-state index in [0.29, 0.717) is 6.54 Å². The normalized spacial score (nSPS) is 12.1. The molecule has 0 aliphatic heterocycles. The molecule has 0 saturated heterocycles. The van der Waals surface area contributed by atoms with Crippen molar-refractivity contribution in [2.24, 2.45) is 0 Å². The Kier molecular flexibility index (Phi) is 5.72. The van der Waals surface area contributed by atoms with Crippen molar-refractivity contribution in [3.8, 4) is 0 Å². The molecule has 14 heavy (non-hydrogen) atoms. The van der Waals surface area contributed by atoms with E-state index < -0.39 is 5.97 Å². The number of hydrogen-bond acceptors (Lipinski definition) is 2. The van der Waals surface area contributed by atoms with Gasteiger partial charge in [0.25, 0.3) is 0 Å². The Morgan fingerprint density at radius 1 is 1.29 bits per heavy atom. The van der Waals surface area contributed by atoms with Gasteiger partial charge in [-0.1, -0.05) is 0 Å². The first kappa shape index (κ1) is 13.4. The van der Waals surface area contributed by atoms with Crippen molar-refractivity contribution in [1.82, 2.24) is 4.90 Å². The van der Waals surface area contributed by atoms with Gasteiger partial charge in [0.1, 0.15) is 0 Å². The maximum atomic E-state index is 10.4. The Balaban J connectivity index is 3.66. The van der Waals surface area contributed by atoms with E-state index in [4.69, 9.17) is 5.11 Å². The third-order valence-corrected chi connectivity index (χ3v) is 2.30. The van der Waals surface area contributed by atoms with Gasteiger partial charge in [-0.2, -0.15) is 0 Å². The summed E-state index contributed by atoms with van der Waals surface area (Å²) in [7, 11) is 8.27. The smallest absolute Gasteiger partial charge is 0.309 e. The van der Waals surface area contributed by atoms with E-state index in [9.17, 15) is 4.79 Å². The molecule has 0 heterocycles. The first-order valence-corrected chi connectivity index (χ1v) is 5.02. The van der Waals surface area contributed by atoms with Gasteiger partial charge >= 0.3 is 5.97 Å². The second-order valence-corrected chi connectivity index (χ2v) is 4.68. The van der Waals surface area contributed by atoms with Gasteiger partial charge < -0.3 is 14.5 Å². The minimum absolute atomic E-state index is 0.259. The molecule has 4 heteroatoms. The van der Waals surface area contributed by atoms with Crippen LogP contribution in [0.3, 0.4) is 0 Å². The van der Waals surface area contributed by atoms with Crippen molar-refractivity contribution < 1.29 is 14.4 Å². The lowest BCUT2D eigenvalue weighted by Gasteiger charge is -2.29. The molecule has 0 bridgehead atoms. The molecule has 0 amide bonds. The predicted molar refractivity (Wildman–Crippen MR) is 57.3 cm³/mol. The molecule has 0 aliphatic carbocycles. The van der Waals surface area contributed by atoms with E-state index in [1.54, 1.807) is 0 Å². The lowest BCUT2D eigenvalue weighted by atomic mass is 10.3. The molecule has 0 saturated carbocycles. The lowest BCUT2D eigenvalue weighted by molar-refractivity contribution is -0.889. The Bertz CT molecular complexity index is 179. The fourth-order valence-electron chi connectivity index (χ4n) is 1.33. The van der Waals surface area contributed by atoms with Crippen molar-refractivity contribution in [3.05, 3.63) is 0 Å². The molecule has 4 nitrogen and oxygen atoms in total. The van der Waals surface area contributed by atoms with E-state index in [-0.39, 0.29) is 6.42 Å². The van der Waals surface area contributed by atoms with Crippen molar-refractivity contribution in [1.29, 1.82) is 0 Å². The highest BCUT2D eigenvalue weighted by Gasteiger charge is 2.15. The Morgan fingerprint density at radius 2 is 1.86 bits per heavy atom. The maximum Gasteiger partial charge on any atom is 0.309 e. The van der Waals surface area contributed by atoms with Crippen LogP contribution in [0, 0.1) is 0 Å². The van der Waals surface area contributed by atoms with Crippen molar-refractivity contribution in [2.45, 2.75) is 12.8 Å². The fraction of sp³-hybridized carbons (Fsp3) is 0.900. The largest absolute Gasteiger partial charge is 0.481 e. The minimum Gasteiger partial charge on any atom is -0.481 e. The van der Waals surface area contributed by atoms with Crippen molar-refractivity contribution >= 4 is 5.97 Å². The van der Waals surface area contributed by atoms with E-state index in [1.807, 2.05) is 0 Å². The van der Waals surface area contributed by atoms with E-state index in [2.05, 4.69) is 33.1 Å². The summed E-state index contributed by atoms with van der Waals surface area (Å²) < 4.78 is 0.792. The van der Waals surface area contributed by atoms with Crippen LogP contribution in [0.25, 0.3) is 0 Å². The quantitative estimate of drug-likeness (QED) is 0.612. The van der Waals surface area contributed by atoms with E-state index >= 15 is 0 Å². The molecule has 0 unspecified atom stereocenters. The van der Waals surface area contributed by atoms with Crippen LogP contribution in [-0.2, 0) is 4.79 Å². The summed E-state index contributed by atoms with van der Waals surface area (Å²) in [5.41, 5.74) is 0. The van der Waals surface area contributed by atoms with Crippen molar-refractivity contribution in [2.75, 3.05) is 47.8 Å². The summed E-state index contributed by atoms with van der Waals surface area (Å²) in [6.07, 6.45) is 1.37. The van der Waals surface area contributed by atoms with Crippen LogP contribution in [0.5, 0.6) is 0 Å². The fourth-order valence-corrected chi connectivity index (χ4v) is 1.33. The van der Waals surface area contributed by atoms with Crippen LogP contribution in [-0.4, -0.2) is 68.3 Å². The average molecular weight is 203 g/mol. The molecule has 1 N–H and O–H groups in total. The zero-order chi connectivity index (χ0) is 11.2. The average Bonchev–Trinajstić information content (AvgIpc) is 2.00. The van der Waals surface area contributed by atoms with Crippen LogP contribution >= 0.6 is 0 Å². The topological polar surface area (TPSA) is 40.5 Å². The first-order valence-electron chi connectivity index (χ1n) is 5.02. The SMILES string of the molecule is CN(C)CCC[N+](C)(C)CCC(=O)O. The number of carbonyl (C=O) groups is 1. The number of carboxylic acid groups (broad SMARTS) is 1. The Labute approximate surface area is 86.7 Å². The monoisotopic (exact) mass is 203 g/mol. The van der Waals surface area contributed by atoms with Gasteiger partial charge in [-0.25, -0.2) is 0 Å². The number of rotatable bonds is 7. The molecule has 0 aliphatic rings. The number of aliphatic carboxylic acids is 1. The molecule has 0 aromatic rings. The highest BCUT2D eigenvalue weighted by Crippen LogP contribution is 2.01. The summed E-state index contributed by atoms with van der Waals surface area (Å²) >= 11 is 0. The minimum atomic E-state index is -0.705. The summed E-state index contributed by atoms with van der Waals surface area (Å²) in [4.78, 5) is 12.6. The molecular formula is C10H23N2O2+. The van der Waals surface area contributed by atoms with Crippen LogP contribution in [0.15, 0.2) is 0 Å². The molecule has 0 fully saturated rings. The molecule has 0 radical (unpaired) electrons. The number of nitrogens with zero attached hydrogens (tertiary/aromatic N) is 2. The molecular weight excluding hydrogens is 180 g/mol. The molecule has 0 rings (SSSR count). The zero-order valence-corrected chi connectivity index (χ0v) is 9.79. The first-order chi connectivity index (χ1) is 6.33. The second-order valence-electron chi connectivity index (χ2n) is 4.68. The predicted octanol–water partition coefficient (Wildman–Crippen LogP) is 0.489. The van der Waals surface area contributed by atoms with Gasteiger partial charge in [-0.05, 0) is 14.1 Å². The van der Waals surface area contributed by atoms with Gasteiger partial charge in [-0.15, -0.1) is 0 Å². The highest BCUT2D eigenvalue weighted by molar-refractivity contribution is 5.66. The van der Waals surface area contributed by atoms with Crippen LogP contribution in [0.2, 0.25) is 0 Å². The van der Waals surface area contributed by atoms with Gasteiger partial charge in [-0.3, -0.25) is 4.79 Å². The van der Waals surface area contributed by atoms with Gasteiger partial charge in [0.15, 0.2) is 0 Å². The second kappa shape index (κ2) is 5.98. The number of quaternary nitrogens is 1. The van der Waals surface area contributed by atoms with Crippen LogP contribution < -0.4 is 0 Å². The zero-order valence-electron chi connectivity index (χ0n) is 9.79. The molecule has 0 atom stereocenters. The third-order valence-electron chi connectivity index (χ3n) is 2.30. The molecule has 84 valence electrons. The standard InChI is InChI=1S/C10H22N2O2/c1-11(2)7-5-8-12(3,4)9-6-10(13)14/h5-9H2,1-4H3/p+1. The summed E-state index contributed by atoms with van der Waals surface area (Å²) in [5, 5.41) is 8.57. The molecule has 0 aromatic carbocycles. The summed E-state index contributed by atoms with van der Waals surface area (Å²) in [6, 6.07) is 0. The van der Waals surface area contributed by atoms with Crippen LogP contribution in [0.4, 0.5) is 0 Å². The van der Waals surface area contributed by atoms with Gasteiger partial charge in [0.05, 0.1) is 33.6 Å². The van der Waals surface area contributed by atoms with Crippen molar-refractivity contribution in [3.63, 3.8) is 0 Å². The Morgan fingerprint density at radius 3 is 2.29 bits per heavy atom. The highest BCUT2D eigenvalue weighted by atomic mass is 16.4. The number of hydrogen-bond donors (Lipinski definition) is 1. The summed E-state index contributed by atoms with van der Waals surface area (Å²) in [5.74, 6) is -0.705.